The fraction of sp³-hybridized carbons (Fsp3) is 0.321. The molecule has 5 rings (SSSR count). The molecule has 0 amide bonds. The number of hydrogen-bond acceptors (Lipinski definition) is 8. The van der Waals surface area contributed by atoms with Crippen LogP contribution in [-0.2, 0) is 23.5 Å². The maximum absolute atomic E-state index is 13.0. The smallest absolute Gasteiger partial charge is 0.267 e. The normalized spacial score (nSPS) is 14.0. The van der Waals surface area contributed by atoms with Crippen LogP contribution in [0.2, 0.25) is 0 Å². The summed E-state index contributed by atoms with van der Waals surface area (Å²) in [6.45, 7) is 8.12. The number of aromatic nitrogens is 4. The van der Waals surface area contributed by atoms with Gasteiger partial charge in [-0.25, -0.2) is 18.1 Å². The molecule has 1 fully saturated rings. The number of rotatable bonds is 9. The molecule has 0 spiro atoms. The molecule has 0 unspecified atom stereocenters. The average Bonchev–Trinajstić information content (AvgIpc) is 3.37. The lowest BCUT2D eigenvalue weighted by Gasteiger charge is -2.29. The molecule has 2 aromatic heterocycles. The van der Waals surface area contributed by atoms with Crippen LogP contribution >= 0.6 is 0 Å². The van der Waals surface area contributed by atoms with Crippen molar-refractivity contribution in [3.05, 3.63) is 72.6 Å². The number of piperazine rings is 1. The van der Waals surface area contributed by atoms with E-state index in [1.165, 1.54) is 17.1 Å². The summed E-state index contributed by atoms with van der Waals surface area (Å²) >= 11 is 0. The standard InChI is InChI=1S/C28H33N7O3S/c1-20(2)16-21-6-4-5-7-25(21)26-17-27(32-28(31-26)33-39(36,37)24-18-30-34(3)19-24)38-23-10-8-22(9-11-23)35-14-12-29-13-15-35/h4-11,17-20,29H,12-16H2,1-3H3,(H,31,32,33). The molecule has 10 nitrogen and oxygen atoms in total. The minimum atomic E-state index is -3.95. The summed E-state index contributed by atoms with van der Waals surface area (Å²) in [5.74, 6) is 1.18. The predicted octanol–water partition coefficient (Wildman–Crippen LogP) is 4.08. The van der Waals surface area contributed by atoms with Crippen LogP contribution < -0.4 is 19.7 Å². The molecule has 2 N–H and O–H groups in total. The maximum Gasteiger partial charge on any atom is 0.267 e. The summed E-state index contributed by atoms with van der Waals surface area (Å²) in [7, 11) is -2.30. The highest BCUT2D eigenvalue weighted by molar-refractivity contribution is 7.92. The Hall–Kier alpha value is -3.96. The van der Waals surface area contributed by atoms with Gasteiger partial charge in [-0.3, -0.25) is 4.68 Å². The van der Waals surface area contributed by atoms with E-state index in [-0.39, 0.29) is 16.7 Å². The fourth-order valence-corrected chi connectivity index (χ4v) is 5.46. The van der Waals surface area contributed by atoms with Crippen molar-refractivity contribution in [2.24, 2.45) is 13.0 Å². The van der Waals surface area contributed by atoms with Crippen molar-refractivity contribution in [1.82, 2.24) is 25.1 Å². The largest absolute Gasteiger partial charge is 0.439 e. The summed E-state index contributed by atoms with van der Waals surface area (Å²) in [6, 6.07) is 17.5. The van der Waals surface area contributed by atoms with Crippen LogP contribution in [-0.4, -0.2) is 54.3 Å². The Morgan fingerprint density at radius 3 is 2.49 bits per heavy atom. The molecule has 1 aliphatic rings. The van der Waals surface area contributed by atoms with Crippen LogP contribution in [0.15, 0.2) is 71.9 Å². The quantitative estimate of drug-likeness (QED) is 0.322. The molecule has 0 bridgehead atoms. The molecule has 0 radical (unpaired) electrons. The van der Waals surface area contributed by atoms with Crippen molar-refractivity contribution in [2.75, 3.05) is 35.8 Å². The van der Waals surface area contributed by atoms with Crippen LogP contribution in [0.3, 0.4) is 0 Å². The molecule has 4 aromatic rings. The van der Waals surface area contributed by atoms with Gasteiger partial charge in [0.1, 0.15) is 10.6 Å². The Morgan fingerprint density at radius 1 is 1.05 bits per heavy atom. The second kappa shape index (κ2) is 11.4. The minimum Gasteiger partial charge on any atom is -0.439 e. The molecular weight excluding hydrogens is 514 g/mol. The van der Waals surface area contributed by atoms with Gasteiger partial charge in [0.15, 0.2) is 0 Å². The fourth-order valence-electron chi connectivity index (χ4n) is 4.53. The van der Waals surface area contributed by atoms with Crippen molar-refractivity contribution in [3.8, 4) is 22.9 Å². The highest BCUT2D eigenvalue weighted by atomic mass is 32.2. The van der Waals surface area contributed by atoms with Crippen LogP contribution in [0.4, 0.5) is 11.6 Å². The topological polar surface area (TPSA) is 114 Å². The van der Waals surface area contributed by atoms with Gasteiger partial charge in [-0.2, -0.15) is 10.1 Å². The SMILES string of the molecule is CC(C)Cc1ccccc1-c1cc(Oc2ccc(N3CCNCC3)cc2)nc(NS(=O)(=O)c2cnn(C)c2)n1. The second-order valence-corrected chi connectivity index (χ2v) is 11.6. The van der Waals surface area contributed by atoms with Crippen LogP contribution in [0.1, 0.15) is 19.4 Å². The van der Waals surface area contributed by atoms with Crippen molar-refractivity contribution >= 4 is 21.7 Å². The van der Waals surface area contributed by atoms with E-state index in [9.17, 15) is 8.42 Å². The summed E-state index contributed by atoms with van der Waals surface area (Å²) < 4.78 is 36.1. The number of nitrogens with zero attached hydrogens (tertiary/aromatic N) is 5. The first-order valence-corrected chi connectivity index (χ1v) is 14.5. The number of sulfonamides is 1. The van der Waals surface area contributed by atoms with E-state index >= 15 is 0 Å². The molecule has 0 aliphatic carbocycles. The van der Waals surface area contributed by atoms with Crippen molar-refractivity contribution in [2.45, 2.75) is 25.2 Å². The van der Waals surface area contributed by atoms with Crippen LogP contribution in [0, 0.1) is 5.92 Å². The van der Waals surface area contributed by atoms with Crippen molar-refractivity contribution < 1.29 is 13.2 Å². The first-order valence-electron chi connectivity index (χ1n) is 13.0. The molecular formula is C28H33N7O3S. The Labute approximate surface area is 229 Å². The van der Waals surface area contributed by atoms with E-state index in [1.807, 2.05) is 42.5 Å². The maximum atomic E-state index is 13.0. The van der Waals surface area contributed by atoms with Gasteiger partial charge in [0.05, 0.1) is 11.9 Å². The highest BCUT2D eigenvalue weighted by Crippen LogP contribution is 2.31. The van der Waals surface area contributed by atoms with Crippen LogP contribution in [0.5, 0.6) is 11.6 Å². The molecule has 1 aliphatic heterocycles. The van der Waals surface area contributed by atoms with Gasteiger partial charge < -0.3 is 15.0 Å². The Kier molecular flexibility index (Phi) is 7.80. The third-order valence-electron chi connectivity index (χ3n) is 6.38. The van der Waals surface area contributed by atoms with E-state index in [0.29, 0.717) is 17.4 Å². The lowest BCUT2D eigenvalue weighted by atomic mass is 9.96. The number of aryl methyl sites for hydroxylation is 1. The van der Waals surface area contributed by atoms with Gasteiger partial charge in [-0.1, -0.05) is 38.1 Å². The number of ether oxygens (including phenoxy) is 1. The highest BCUT2D eigenvalue weighted by Gasteiger charge is 2.20. The number of anilines is 2. The zero-order valence-electron chi connectivity index (χ0n) is 22.3. The van der Waals surface area contributed by atoms with Gasteiger partial charge in [0, 0.05) is 56.7 Å². The van der Waals surface area contributed by atoms with Gasteiger partial charge in [-0.05, 0) is 42.2 Å². The number of benzene rings is 2. The lowest BCUT2D eigenvalue weighted by molar-refractivity contribution is 0.463. The third kappa shape index (κ3) is 6.55. The Bertz CT molecular complexity index is 1530. The summed E-state index contributed by atoms with van der Waals surface area (Å²) in [5.41, 5.74) is 3.70. The predicted molar refractivity (Wildman–Crippen MR) is 152 cm³/mol. The number of nitrogens with one attached hydrogen (secondary N) is 2. The molecule has 204 valence electrons. The molecule has 0 atom stereocenters. The second-order valence-electron chi connectivity index (χ2n) is 9.96. The van der Waals surface area contributed by atoms with Crippen LogP contribution in [0.25, 0.3) is 11.3 Å². The molecule has 0 saturated carbocycles. The van der Waals surface area contributed by atoms with Gasteiger partial charge in [0.25, 0.3) is 10.0 Å². The molecule has 2 aromatic carbocycles. The summed E-state index contributed by atoms with van der Waals surface area (Å²) in [5, 5.41) is 7.33. The average molecular weight is 548 g/mol. The zero-order valence-corrected chi connectivity index (χ0v) is 23.1. The number of hydrogen-bond donors (Lipinski definition) is 2. The van der Waals surface area contributed by atoms with Gasteiger partial charge in [-0.15, -0.1) is 0 Å². The molecule has 11 heteroatoms. The van der Waals surface area contributed by atoms with Gasteiger partial charge >= 0.3 is 0 Å². The van der Waals surface area contributed by atoms with Crippen molar-refractivity contribution in [1.29, 1.82) is 0 Å². The first-order chi connectivity index (χ1) is 18.8. The zero-order chi connectivity index (χ0) is 27.4. The lowest BCUT2D eigenvalue weighted by Crippen LogP contribution is -2.43. The first kappa shape index (κ1) is 26.6. The van der Waals surface area contributed by atoms with E-state index in [2.05, 4.69) is 49.9 Å². The summed E-state index contributed by atoms with van der Waals surface area (Å²) in [4.78, 5) is 11.3. The molecule has 3 heterocycles. The molecule has 1 saturated heterocycles. The Morgan fingerprint density at radius 2 is 1.79 bits per heavy atom. The van der Waals surface area contributed by atoms with E-state index in [1.54, 1.807) is 13.1 Å². The Balaban J connectivity index is 1.49. The molecule has 39 heavy (non-hydrogen) atoms. The third-order valence-corrected chi connectivity index (χ3v) is 7.67. The van der Waals surface area contributed by atoms with E-state index in [4.69, 9.17) is 4.74 Å². The van der Waals surface area contributed by atoms with E-state index in [0.717, 1.165) is 49.4 Å². The minimum absolute atomic E-state index is 0.0187. The monoisotopic (exact) mass is 547 g/mol. The van der Waals surface area contributed by atoms with Gasteiger partial charge in [0.2, 0.25) is 11.8 Å². The van der Waals surface area contributed by atoms with E-state index < -0.39 is 10.0 Å². The van der Waals surface area contributed by atoms with Crippen molar-refractivity contribution in [3.63, 3.8) is 0 Å². The summed E-state index contributed by atoms with van der Waals surface area (Å²) in [6.07, 6.45) is 3.55.